The zero-order valence-corrected chi connectivity index (χ0v) is 12.2. The fourth-order valence-corrected chi connectivity index (χ4v) is 1.52. The van der Waals surface area contributed by atoms with E-state index < -0.39 is 6.09 Å². The van der Waals surface area contributed by atoms with Crippen LogP contribution in [0.25, 0.3) is 0 Å². The van der Waals surface area contributed by atoms with E-state index >= 15 is 0 Å². The number of benzene rings is 1. The van der Waals surface area contributed by atoms with Crippen LogP contribution in [0.1, 0.15) is 33.3 Å². The summed E-state index contributed by atoms with van der Waals surface area (Å²) in [6, 6.07) is 7.68. The fourth-order valence-electron chi connectivity index (χ4n) is 1.52. The van der Waals surface area contributed by atoms with E-state index in [2.05, 4.69) is 19.2 Å². The second-order valence-corrected chi connectivity index (χ2v) is 5.78. The van der Waals surface area contributed by atoms with Gasteiger partial charge in [-0.3, -0.25) is 5.32 Å². The van der Waals surface area contributed by atoms with Gasteiger partial charge in [-0.1, -0.05) is 39.8 Å². The smallest absolute Gasteiger partial charge is 0.411 e. The lowest BCUT2D eigenvalue weighted by Gasteiger charge is -2.23. The number of amides is 1. The van der Waals surface area contributed by atoms with Crippen LogP contribution in [0.15, 0.2) is 24.3 Å². The highest BCUT2D eigenvalue weighted by Crippen LogP contribution is 2.23. The highest BCUT2D eigenvalue weighted by Gasteiger charge is 2.18. The summed E-state index contributed by atoms with van der Waals surface area (Å²) in [5, 5.41) is 2.70. The molecule has 1 aromatic carbocycles. The van der Waals surface area contributed by atoms with Crippen LogP contribution >= 0.6 is 0 Å². The summed E-state index contributed by atoms with van der Waals surface area (Å²) in [7, 11) is 0. The second-order valence-electron chi connectivity index (χ2n) is 5.78. The zero-order chi connectivity index (χ0) is 14.5. The average molecular weight is 264 g/mol. The minimum Gasteiger partial charge on any atom is -0.449 e. The number of nitrogens with one attached hydrogen (secondary N) is 1. The average Bonchev–Trinajstić information content (AvgIpc) is 2.37. The van der Waals surface area contributed by atoms with Crippen molar-refractivity contribution in [3.8, 4) is 0 Å². The molecule has 0 aromatic heterocycles. The first-order valence-corrected chi connectivity index (χ1v) is 6.59. The molecule has 0 aliphatic rings. The van der Waals surface area contributed by atoms with E-state index in [1.807, 2.05) is 38.1 Å². The van der Waals surface area contributed by atoms with Crippen LogP contribution in [-0.4, -0.2) is 19.2 Å². The molecular formula is C15H24N2O2. The molecule has 0 saturated heterocycles. The van der Waals surface area contributed by atoms with Crippen LogP contribution in [0, 0.1) is 5.92 Å². The largest absolute Gasteiger partial charge is 0.449 e. The van der Waals surface area contributed by atoms with E-state index in [4.69, 9.17) is 10.5 Å². The number of hydrogen-bond acceptors (Lipinski definition) is 3. The van der Waals surface area contributed by atoms with Gasteiger partial charge in [0.2, 0.25) is 0 Å². The maximum Gasteiger partial charge on any atom is 0.411 e. The Balaban J connectivity index is 2.60. The highest BCUT2D eigenvalue weighted by molar-refractivity contribution is 5.84. The molecule has 1 amide bonds. The quantitative estimate of drug-likeness (QED) is 0.858. The van der Waals surface area contributed by atoms with Gasteiger partial charge >= 0.3 is 6.09 Å². The Morgan fingerprint density at radius 3 is 2.37 bits per heavy atom. The standard InChI is InChI=1S/C15H24N2O2/c1-11(2)9-19-14(18)17-13-7-5-12(6-8-13)15(3,4)10-16/h5-8,11H,9-10,16H2,1-4H3,(H,17,18). The van der Waals surface area contributed by atoms with Crippen molar-refractivity contribution in [2.24, 2.45) is 11.7 Å². The van der Waals surface area contributed by atoms with Crippen molar-refractivity contribution < 1.29 is 9.53 Å². The topological polar surface area (TPSA) is 64.3 Å². The van der Waals surface area contributed by atoms with E-state index in [0.29, 0.717) is 19.1 Å². The van der Waals surface area contributed by atoms with Crippen molar-refractivity contribution in [3.63, 3.8) is 0 Å². The third-order valence-corrected chi connectivity index (χ3v) is 2.97. The summed E-state index contributed by atoms with van der Waals surface area (Å²) in [6.45, 7) is 9.17. The van der Waals surface area contributed by atoms with Crippen molar-refractivity contribution >= 4 is 11.8 Å². The molecule has 1 rings (SSSR count). The van der Waals surface area contributed by atoms with Gasteiger partial charge in [-0.05, 0) is 23.6 Å². The van der Waals surface area contributed by atoms with E-state index in [1.165, 1.54) is 0 Å². The number of ether oxygens (including phenoxy) is 1. The van der Waals surface area contributed by atoms with E-state index in [-0.39, 0.29) is 5.41 Å². The number of hydrogen-bond donors (Lipinski definition) is 2. The van der Waals surface area contributed by atoms with Gasteiger partial charge in [-0.25, -0.2) is 4.79 Å². The Morgan fingerprint density at radius 2 is 1.89 bits per heavy atom. The Bertz CT molecular complexity index is 411. The van der Waals surface area contributed by atoms with Gasteiger partial charge in [-0.15, -0.1) is 0 Å². The number of nitrogens with two attached hydrogens (primary N) is 1. The maximum atomic E-state index is 11.5. The lowest BCUT2D eigenvalue weighted by Crippen LogP contribution is -2.28. The molecule has 0 saturated carbocycles. The number of anilines is 1. The Labute approximate surface area is 115 Å². The number of carbonyl (C=O) groups excluding carboxylic acids is 1. The Hall–Kier alpha value is -1.55. The fraction of sp³-hybridized carbons (Fsp3) is 0.533. The molecule has 0 unspecified atom stereocenters. The van der Waals surface area contributed by atoms with Gasteiger partial charge < -0.3 is 10.5 Å². The minimum atomic E-state index is -0.417. The summed E-state index contributed by atoms with van der Waals surface area (Å²) in [5.74, 6) is 0.332. The van der Waals surface area contributed by atoms with Crippen molar-refractivity contribution in [3.05, 3.63) is 29.8 Å². The lowest BCUT2D eigenvalue weighted by atomic mass is 9.85. The van der Waals surface area contributed by atoms with Gasteiger partial charge in [0.1, 0.15) is 0 Å². The number of rotatable bonds is 5. The van der Waals surface area contributed by atoms with Crippen LogP contribution < -0.4 is 11.1 Å². The van der Waals surface area contributed by atoms with Crippen LogP contribution in [0.4, 0.5) is 10.5 Å². The van der Waals surface area contributed by atoms with Gasteiger partial charge in [-0.2, -0.15) is 0 Å². The van der Waals surface area contributed by atoms with Gasteiger partial charge in [0.05, 0.1) is 6.61 Å². The molecule has 106 valence electrons. The van der Waals surface area contributed by atoms with E-state index in [1.54, 1.807) is 0 Å². The predicted octanol–water partition coefficient (Wildman–Crippen LogP) is 3.13. The molecule has 0 atom stereocenters. The molecule has 4 heteroatoms. The molecular weight excluding hydrogens is 240 g/mol. The third kappa shape index (κ3) is 4.91. The summed E-state index contributed by atoms with van der Waals surface area (Å²) in [4.78, 5) is 11.5. The Morgan fingerprint density at radius 1 is 1.32 bits per heavy atom. The first kappa shape index (κ1) is 15.5. The molecule has 0 radical (unpaired) electrons. The first-order chi connectivity index (χ1) is 8.85. The normalized spacial score (nSPS) is 11.5. The van der Waals surface area contributed by atoms with E-state index in [0.717, 1.165) is 11.3 Å². The highest BCUT2D eigenvalue weighted by atomic mass is 16.5. The minimum absolute atomic E-state index is 0.0588. The molecule has 0 fully saturated rings. The predicted molar refractivity (Wildman–Crippen MR) is 78.3 cm³/mol. The first-order valence-electron chi connectivity index (χ1n) is 6.59. The molecule has 0 aliphatic heterocycles. The SMILES string of the molecule is CC(C)COC(=O)Nc1ccc(C(C)(C)CN)cc1. The zero-order valence-electron chi connectivity index (χ0n) is 12.2. The number of carbonyl (C=O) groups is 1. The summed E-state index contributed by atoms with van der Waals surface area (Å²) >= 11 is 0. The van der Waals surface area contributed by atoms with Crippen LogP contribution in [0.2, 0.25) is 0 Å². The summed E-state index contributed by atoms with van der Waals surface area (Å²) in [6.07, 6.45) is -0.417. The lowest BCUT2D eigenvalue weighted by molar-refractivity contribution is 0.147. The van der Waals surface area contributed by atoms with Crippen LogP contribution in [-0.2, 0) is 10.2 Å². The maximum absolute atomic E-state index is 11.5. The van der Waals surface area contributed by atoms with Crippen molar-refractivity contribution in [2.45, 2.75) is 33.1 Å². The van der Waals surface area contributed by atoms with Crippen LogP contribution in [0.3, 0.4) is 0 Å². The summed E-state index contributed by atoms with van der Waals surface area (Å²) in [5.41, 5.74) is 7.55. The van der Waals surface area contributed by atoms with Gasteiger partial charge in [0, 0.05) is 17.6 Å². The van der Waals surface area contributed by atoms with Gasteiger partial charge in [0.15, 0.2) is 0 Å². The molecule has 0 spiro atoms. The molecule has 3 N–H and O–H groups in total. The second kappa shape index (κ2) is 6.57. The third-order valence-electron chi connectivity index (χ3n) is 2.97. The molecule has 19 heavy (non-hydrogen) atoms. The molecule has 0 bridgehead atoms. The molecule has 0 aliphatic carbocycles. The van der Waals surface area contributed by atoms with Gasteiger partial charge in [0.25, 0.3) is 0 Å². The molecule has 4 nitrogen and oxygen atoms in total. The van der Waals surface area contributed by atoms with Crippen molar-refractivity contribution in [1.82, 2.24) is 0 Å². The molecule has 0 heterocycles. The molecule has 1 aromatic rings. The van der Waals surface area contributed by atoms with E-state index in [9.17, 15) is 4.79 Å². The van der Waals surface area contributed by atoms with Crippen molar-refractivity contribution in [1.29, 1.82) is 0 Å². The summed E-state index contributed by atoms with van der Waals surface area (Å²) < 4.78 is 5.06. The Kier molecular flexibility index (Phi) is 5.36. The van der Waals surface area contributed by atoms with Crippen LogP contribution in [0.5, 0.6) is 0 Å². The van der Waals surface area contributed by atoms with Crippen molar-refractivity contribution in [2.75, 3.05) is 18.5 Å². The monoisotopic (exact) mass is 264 g/mol.